The Labute approximate surface area is 148 Å². The summed E-state index contributed by atoms with van der Waals surface area (Å²) in [6.45, 7) is 11.1. The molecule has 0 saturated carbocycles. The molecule has 1 aromatic rings. The SMILES string of the molecule is CC1COC(=O)C(c2cnn3c2CN(C(=O)OC(C)(C)C)[C@@H](C)C3)C1. The van der Waals surface area contributed by atoms with Gasteiger partial charge in [-0.1, -0.05) is 6.92 Å². The summed E-state index contributed by atoms with van der Waals surface area (Å²) in [5.74, 6) is -0.180. The molecular weight excluding hydrogens is 322 g/mol. The molecule has 25 heavy (non-hydrogen) atoms. The number of cyclic esters (lactones) is 1. The van der Waals surface area contributed by atoms with Crippen LogP contribution in [0.15, 0.2) is 6.20 Å². The molecule has 1 amide bonds. The number of amides is 1. The lowest BCUT2D eigenvalue weighted by atomic mass is 9.87. The Hall–Kier alpha value is -2.05. The van der Waals surface area contributed by atoms with Crippen molar-refractivity contribution < 1.29 is 19.1 Å². The van der Waals surface area contributed by atoms with Gasteiger partial charge in [-0.25, -0.2) is 4.79 Å². The minimum absolute atomic E-state index is 0.0210. The van der Waals surface area contributed by atoms with Gasteiger partial charge in [-0.05, 0) is 40.0 Å². The van der Waals surface area contributed by atoms with Crippen molar-refractivity contribution in [3.05, 3.63) is 17.5 Å². The lowest BCUT2D eigenvalue weighted by Crippen LogP contribution is -2.47. The number of hydrogen-bond acceptors (Lipinski definition) is 5. The zero-order chi connectivity index (χ0) is 18.4. The molecule has 0 bridgehead atoms. The van der Waals surface area contributed by atoms with Crippen molar-refractivity contribution >= 4 is 12.1 Å². The average molecular weight is 349 g/mol. The summed E-state index contributed by atoms with van der Waals surface area (Å²) in [6, 6.07) is -0.0210. The number of hydrogen-bond donors (Lipinski definition) is 0. The van der Waals surface area contributed by atoms with E-state index in [0.717, 1.165) is 17.7 Å². The maximum atomic E-state index is 12.5. The quantitative estimate of drug-likeness (QED) is 0.729. The Bertz CT molecular complexity index is 676. The fourth-order valence-corrected chi connectivity index (χ4v) is 3.42. The molecule has 7 nitrogen and oxygen atoms in total. The van der Waals surface area contributed by atoms with Crippen molar-refractivity contribution in [2.24, 2.45) is 5.92 Å². The molecule has 2 aliphatic rings. The first-order chi connectivity index (χ1) is 11.7. The minimum atomic E-state index is -0.542. The largest absolute Gasteiger partial charge is 0.465 e. The highest BCUT2D eigenvalue weighted by Crippen LogP contribution is 2.34. The van der Waals surface area contributed by atoms with Gasteiger partial charge in [0.15, 0.2) is 0 Å². The molecule has 1 fully saturated rings. The standard InChI is InChI=1S/C18H27N3O4/c1-11-6-13(16(22)24-10-11)14-7-19-21-8-12(2)20(9-15(14)21)17(23)25-18(3,4)5/h7,11-13H,6,8-10H2,1-5H3/t11?,12-,13?/m0/s1. The fraction of sp³-hybridized carbons (Fsp3) is 0.722. The Morgan fingerprint density at radius 3 is 2.76 bits per heavy atom. The van der Waals surface area contributed by atoms with Crippen molar-refractivity contribution in [1.82, 2.24) is 14.7 Å². The van der Waals surface area contributed by atoms with Crippen molar-refractivity contribution in [2.45, 2.75) is 71.7 Å². The van der Waals surface area contributed by atoms with Crippen molar-refractivity contribution in [1.29, 1.82) is 0 Å². The van der Waals surface area contributed by atoms with Crippen LogP contribution in [0.2, 0.25) is 0 Å². The first-order valence-electron chi connectivity index (χ1n) is 8.86. The van der Waals surface area contributed by atoms with Gasteiger partial charge in [-0.2, -0.15) is 5.10 Å². The van der Waals surface area contributed by atoms with Crippen molar-refractivity contribution in [3.8, 4) is 0 Å². The van der Waals surface area contributed by atoms with E-state index < -0.39 is 5.60 Å². The highest BCUT2D eigenvalue weighted by molar-refractivity contribution is 5.79. The second-order valence-electron chi connectivity index (χ2n) is 8.21. The molecule has 0 spiro atoms. The van der Waals surface area contributed by atoms with Gasteiger partial charge in [0.2, 0.25) is 0 Å². The van der Waals surface area contributed by atoms with Gasteiger partial charge in [0.25, 0.3) is 0 Å². The lowest BCUT2D eigenvalue weighted by molar-refractivity contribution is -0.151. The molecule has 0 aromatic carbocycles. The Morgan fingerprint density at radius 1 is 1.36 bits per heavy atom. The molecule has 3 rings (SSSR count). The molecule has 1 aromatic heterocycles. The van der Waals surface area contributed by atoms with Gasteiger partial charge >= 0.3 is 12.1 Å². The van der Waals surface area contributed by atoms with Gasteiger partial charge in [-0.3, -0.25) is 14.4 Å². The summed E-state index contributed by atoms with van der Waals surface area (Å²) >= 11 is 0. The van der Waals surface area contributed by atoms with Crippen LogP contribution in [-0.2, 0) is 27.4 Å². The Kier molecular flexibility index (Phi) is 4.51. The Morgan fingerprint density at radius 2 is 2.08 bits per heavy atom. The first-order valence-corrected chi connectivity index (χ1v) is 8.86. The van der Waals surface area contributed by atoms with Gasteiger partial charge in [0.05, 0.1) is 43.5 Å². The average Bonchev–Trinajstić information content (AvgIpc) is 2.89. The van der Waals surface area contributed by atoms with Crippen LogP contribution < -0.4 is 0 Å². The predicted octanol–water partition coefficient (Wildman–Crippen LogP) is 2.69. The van der Waals surface area contributed by atoms with Crippen LogP contribution in [0.25, 0.3) is 0 Å². The van der Waals surface area contributed by atoms with E-state index in [1.807, 2.05) is 32.4 Å². The highest BCUT2D eigenvalue weighted by Gasteiger charge is 2.37. The molecule has 2 aliphatic heterocycles. The van der Waals surface area contributed by atoms with E-state index in [-0.39, 0.29) is 24.0 Å². The fourth-order valence-electron chi connectivity index (χ4n) is 3.42. The van der Waals surface area contributed by atoms with Gasteiger partial charge in [0.1, 0.15) is 5.60 Å². The number of nitrogens with zero attached hydrogens (tertiary/aromatic N) is 3. The van der Waals surface area contributed by atoms with E-state index in [9.17, 15) is 9.59 Å². The summed E-state index contributed by atoms with van der Waals surface area (Å²) in [5, 5.41) is 4.44. The number of fused-ring (bicyclic) bond motifs is 1. The molecule has 0 N–H and O–H groups in total. The van der Waals surface area contributed by atoms with Crippen LogP contribution in [0.3, 0.4) is 0 Å². The maximum absolute atomic E-state index is 12.5. The molecule has 7 heteroatoms. The van der Waals surface area contributed by atoms with E-state index >= 15 is 0 Å². The van der Waals surface area contributed by atoms with Crippen molar-refractivity contribution in [2.75, 3.05) is 6.61 Å². The van der Waals surface area contributed by atoms with E-state index in [2.05, 4.69) is 12.0 Å². The zero-order valence-corrected chi connectivity index (χ0v) is 15.6. The van der Waals surface area contributed by atoms with Crippen molar-refractivity contribution in [3.63, 3.8) is 0 Å². The smallest absolute Gasteiger partial charge is 0.410 e. The zero-order valence-electron chi connectivity index (χ0n) is 15.6. The summed E-state index contributed by atoms with van der Waals surface area (Å²) in [4.78, 5) is 26.5. The maximum Gasteiger partial charge on any atom is 0.410 e. The van der Waals surface area contributed by atoms with Crippen LogP contribution in [0.5, 0.6) is 0 Å². The van der Waals surface area contributed by atoms with E-state index in [1.54, 1.807) is 11.1 Å². The minimum Gasteiger partial charge on any atom is -0.465 e. The van der Waals surface area contributed by atoms with E-state index in [0.29, 0.717) is 25.6 Å². The number of esters is 1. The van der Waals surface area contributed by atoms with E-state index in [1.165, 1.54) is 0 Å². The normalized spacial score (nSPS) is 26.8. The molecule has 3 atom stereocenters. The summed E-state index contributed by atoms with van der Waals surface area (Å²) < 4.78 is 12.7. The number of carbonyl (C=O) groups is 2. The molecule has 0 radical (unpaired) electrons. The molecule has 0 aliphatic carbocycles. The third-order valence-electron chi connectivity index (χ3n) is 4.71. The van der Waals surface area contributed by atoms with Crippen LogP contribution in [-0.4, -0.2) is 45.0 Å². The monoisotopic (exact) mass is 349 g/mol. The molecule has 1 saturated heterocycles. The lowest BCUT2D eigenvalue weighted by Gasteiger charge is -2.36. The van der Waals surface area contributed by atoms with Crippen LogP contribution in [0, 0.1) is 5.92 Å². The molecule has 3 heterocycles. The predicted molar refractivity (Wildman–Crippen MR) is 90.9 cm³/mol. The van der Waals surface area contributed by atoms with Gasteiger partial charge in [-0.15, -0.1) is 0 Å². The van der Waals surface area contributed by atoms with Gasteiger partial charge in [0, 0.05) is 5.56 Å². The third-order valence-corrected chi connectivity index (χ3v) is 4.71. The highest BCUT2D eigenvalue weighted by atomic mass is 16.6. The number of ether oxygens (including phenoxy) is 2. The first kappa shape index (κ1) is 17.8. The number of rotatable bonds is 1. The summed E-state index contributed by atoms with van der Waals surface area (Å²) in [7, 11) is 0. The van der Waals surface area contributed by atoms with Gasteiger partial charge < -0.3 is 9.47 Å². The second-order valence-corrected chi connectivity index (χ2v) is 8.21. The van der Waals surface area contributed by atoms with Crippen LogP contribution >= 0.6 is 0 Å². The van der Waals surface area contributed by atoms with Crippen LogP contribution in [0.4, 0.5) is 4.79 Å². The number of aromatic nitrogens is 2. The number of carbonyl (C=O) groups excluding carboxylic acids is 2. The summed E-state index contributed by atoms with van der Waals surface area (Å²) in [5.41, 5.74) is 1.23. The Balaban J connectivity index is 1.85. The molecular formula is C18H27N3O4. The third kappa shape index (κ3) is 3.65. The molecule has 2 unspecified atom stereocenters. The topological polar surface area (TPSA) is 73.7 Å². The second kappa shape index (κ2) is 6.35. The molecule has 138 valence electrons. The van der Waals surface area contributed by atoms with Crippen LogP contribution in [0.1, 0.15) is 58.2 Å². The van der Waals surface area contributed by atoms with E-state index in [4.69, 9.17) is 9.47 Å². The summed E-state index contributed by atoms with van der Waals surface area (Å²) in [6.07, 6.45) is 2.17.